The Balaban J connectivity index is 1.37. The van der Waals surface area contributed by atoms with Crippen molar-refractivity contribution in [1.29, 1.82) is 0 Å². The molecule has 0 spiro atoms. The lowest BCUT2D eigenvalue weighted by atomic mass is 9.75. The fourth-order valence-corrected chi connectivity index (χ4v) is 5.75. The molecule has 0 aromatic heterocycles. The molecule has 0 N–H and O–H groups in total. The second-order valence-electron chi connectivity index (χ2n) is 10.6. The summed E-state index contributed by atoms with van der Waals surface area (Å²) in [5, 5.41) is 0. The summed E-state index contributed by atoms with van der Waals surface area (Å²) >= 11 is 0. The van der Waals surface area contributed by atoms with E-state index in [-0.39, 0.29) is 23.1 Å². The number of allylic oxidation sites excluding steroid dienone is 8. The van der Waals surface area contributed by atoms with Gasteiger partial charge in [-0.2, -0.15) is 0 Å². The molecular weight excluding hydrogens is 480 g/mol. The van der Waals surface area contributed by atoms with Crippen LogP contribution in [-0.4, -0.2) is 82.9 Å². The molecule has 0 radical (unpaired) electrons. The Morgan fingerprint density at radius 2 is 1.11 bits per heavy atom. The number of carbonyl (C=O) groups is 4. The van der Waals surface area contributed by atoms with Gasteiger partial charge in [0.25, 0.3) is 0 Å². The third-order valence-electron chi connectivity index (χ3n) is 7.94. The highest BCUT2D eigenvalue weighted by Crippen LogP contribution is 2.36. The molecule has 5 aliphatic rings. The molecule has 2 atom stereocenters. The second-order valence-corrected chi connectivity index (χ2v) is 10.6. The zero-order valence-corrected chi connectivity index (χ0v) is 22.4. The molecule has 2 saturated heterocycles. The van der Waals surface area contributed by atoms with Gasteiger partial charge in [-0.3, -0.25) is 39.0 Å². The molecule has 200 valence electrons. The van der Waals surface area contributed by atoms with Crippen LogP contribution in [-0.2, 0) is 19.2 Å². The van der Waals surface area contributed by atoms with E-state index in [1.807, 2.05) is 0 Å². The van der Waals surface area contributed by atoms with E-state index in [2.05, 4.69) is 23.6 Å². The van der Waals surface area contributed by atoms with Crippen LogP contribution in [0.2, 0.25) is 0 Å². The van der Waals surface area contributed by atoms with E-state index >= 15 is 0 Å². The van der Waals surface area contributed by atoms with Gasteiger partial charge in [0.05, 0.1) is 0 Å². The molecule has 8 heteroatoms. The Bertz CT molecular complexity index is 1150. The van der Waals surface area contributed by atoms with Gasteiger partial charge in [-0.15, -0.1) is 0 Å². The number of hydrogen-bond acceptors (Lipinski definition) is 8. The molecule has 3 aliphatic carbocycles. The molecule has 0 bridgehead atoms. The van der Waals surface area contributed by atoms with Crippen molar-refractivity contribution in [2.45, 2.75) is 77.5 Å². The number of hydrogen-bond donors (Lipinski definition) is 0. The molecule has 0 amide bonds. The van der Waals surface area contributed by atoms with Crippen LogP contribution < -0.4 is 0 Å². The van der Waals surface area contributed by atoms with E-state index in [1.165, 1.54) is 0 Å². The van der Waals surface area contributed by atoms with Crippen molar-refractivity contribution in [3.05, 3.63) is 46.6 Å². The van der Waals surface area contributed by atoms with Crippen molar-refractivity contribution in [1.82, 2.24) is 9.80 Å². The summed E-state index contributed by atoms with van der Waals surface area (Å²) in [5.74, 6) is -0.186. The second kappa shape index (κ2) is 11.3. The number of fused-ring (bicyclic) bond motifs is 2. The highest BCUT2D eigenvalue weighted by atomic mass is 16.1. The summed E-state index contributed by atoms with van der Waals surface area (Å²) in [4.78, 5) is 65.6. The van der Waals surface area contributed by atoms with Gasteiger partial charge < -0.3 is 0 Å². The van der Waals surface area contributed by atoms with Crippen molar-refractivity contribution in [2.24, 2.45) is 9.98 Å². The average molecular weight is 517 g/mol. The van der Waals surface area contributed by atoms with E-state index in [9.17, 15) is 19.2 Å². The Hall–Kier alpha value is -3.10. The Morgan fingerprint density at radius 3 is 1.50 bits per heavy atom. The SMILES string of the molecule is CCCCN1CCC(=O)C1N=C1C=C2C(=O)C3=CCC(=NC4C(=O)CCN4CCCC)C=C3C(=O)C2=CC1. The van der Waals surface area contributed by atoms with Gasteiger partial charge in [0, 0.05) is 85.6 Å². The smallest absolute Gasteiger partial charge is 0.194 e. The van der Waals surface area contributed by atoms with Gasteiger partial charge in [-0.1, -0.05) is 38.8 Å². The first-order chi connectivity index (χ1) is 18.4. The van der Waals surface area contributed by atoms with Gasteiger partial charge >= 0.3 is 0 Å². The summed E-state index contributed by atoms with van der Waals surface area (Å²) in [7, 11) is 0. The third-order valence-corrected chi connectivity index (χ3v) is 7.94. The summed E-state index contributed by atoms with van der Waals surface area (Å²) in [6.07, 6.45) is 11.8. The lowest BCUT2D eigenvalue weighted by molar-refractivity contribution is -0.120. The third kappa shape index (κ3) is 5.12. The molecule has 2 aliphatic heterocycles. The normalized spacial score (nSPS) is 28.5. The molecular formula is C30H36N4O4. The van der Waals surface area contributed by atoms with E-state index in [4.69, 9.17) is 9.98 Å². The number of ketones is 4. The lowest BCUT2D eigenvalue weighted by Gasteiger charge is -2.27. The maximum Gasteiger partial charge on any atom is 0.194 e. The van der Waals surface area contributed by atoms with Crippen LogP contribution in [0.15, 0.2) is 56.6 Å². The average Bonchev–Trinajstić information content (AvgIpc) is 3.45. The number of aliphatic imine (C=N–C) groups is 2. The van der Waals surface area contributed by atoms with Gasteiger partial charge in [0.1, 0.15) is 0 Å². The number of Topliss-reactive ketones (excluding diaryl/α,β-unsaturated/α-hetero) is 4. The highest BCUT2D eigenvalue weighted by molar-refractivity contribution is 6.37. The van der Waals surface area contributed by atoms with Crippen LogP contribution in [0.4, 0.5) is 0 Å². The van der Waals surface area contributed by atoms with Crippen LogP contribution in [0.25, 0.3) is 0 Å². The van der Waals surface area contributed by atoms with Crippen LogP contribution >= 0.6 is 0 Å². The van der Waals surface area contributed by atoms with Gasteiger partial charge in [-0.05, 0) is 25.0 Å². The Kier molecular flexibility index (Phi) is 7.91. The predicted molar refractivity (Wildman–Crippen MR) is 146 cm³/mol. The minimum Gasteiger partial charge on any atom is -0.296 e. The maximum absolute atomic E-state index is 13.5. The molecule has 5 rings (SSSR count). The number of rotatable bonds is 8. The van der Waals surface area contributed by atoms with Crippen molar-refractivity contribution in [2.75, 3.05) is 26.2 Å². The largest absolute Gasteiger partial charge is 0.296 e. The molecule has 38 heavy (non-hydrogen) atoms. The first-order valence-corrected chi connectivity index (χ1v) is 14.0. The van der Waals surface area contributed by atoms with Crippen LogP contribution in [0.1, 0.15) is 65.2 Å². The number of likely N-dealkylation sites (tertiary alicyclic amines) is 2. The van der Waals surface area contributed by atoms with Gasteiger partial charge in [-0.25, -0.2) is 0 Å². The minimum atomic E-state index is -0.504. The quantitative estimate of drug-likeness (QED) is 0.491. The highest BCUT2D eigenvalue weighted by Gasteiger charge is 2.39. The van der Waals surface area contributed by atoms with Crippen LogP contribution in [0.3, 0.4) is 0 Å². The fraction of sp³-hybridized carbons (Fsp3) is 0.533. The molecule has 8 nitrogen and oxygen atoms in total. The zero-order chi connectivity index (χ0) is 26.8. The van der Waals surface area contributed by atoms with Crippen molar-refractivity contribution in [3.63, 3.8) is 0 Å². The molecule has 0 aromatic carbocycles. The summed E-state index contributed by atoms with van der Waals surface area (Å²) < 4.78 is 0. The maximum atomic E-state index is 13.5. The first-order valence-electron chi connectivity index (χ1n) is 14.0. The first kappa shape index (κ1) is 26.5. The van der Waals surface area contributed by atoms with Crippen molar-refractivity contribution in [3.8, 4) is 0 Å². The lowest BCUT2D eigenvalue weighted by Crippen LogP contribution is -2.34. The zero-order valence-electron chi connectivity index (χ0n) is 22.4. The van der Waals surface area contributed by atoms with Crippen molar-refractivity contribution < 1.29 is 19.2 Å². The van der Waals surface area contributed by atoms with E-state index < -0.39 is 12.3 Å². The molecule has 2 heterocycles. The summed E-state index contributed by atoms with van der Waals surface area (Å²) in [6, 6.07) is 0. The Labute approximate surface area is 223 Å². The van der Waals surface area contributed by atoms with Gasteiger partial charge in [0.15, 0.2) is 35.5 Å². The monoisotopic (exact) mass is 516 g/mol. The van der Waals surface area contributed by atoms with E-state index in [0.717, 1.165) is 38.8 Å². The number of unbranched alkanes of at least 4 members (excludes halogenated alkanes) is 2. The predicted octanol–water partition coefficient (Wildman–Crippen LogP) is 3.34. The fourth-order valence-electron chi connectivity index (χ4n) is 5.75. The molecule has 0 aromatic rings. The van der Waals surface area contributed by atoms with E-state index in [1.54, 1.807) is 24.3 Å². The number of carbonyl (C=O) groups excluding carboxylic acids is 4. The summed E-state index contributed by atoms with van der Waals surface area (Å²) in [6.45, 7) is 7.32. The van der Waals surface area contributed by atoms with Crippen LogP contribution in [0.5, 0.6) is 0 Å². The van der Waals surface area contributed by atoms with Crippen LogP contribution in [0, 0.1) is 0 Å². The molecule has 1 saturated carbocycles. The summed E-state index contributed by atoms with van der Waals surface area (Å²) in [5.41, 5.74) is 2.80. The number of nitrogens with zero attached hydrogens (tertiary/aromatic N) is 4. The van der Waals surface area contributed by atoms with E-state index in [0.29, 0.717) is 72.5 Å². The van der Waals surface area contributed by atoms with Gasteiger partial charge in [0.2, 0.25) is 0 Å². The topological polar surface area (TPSA) is 99.5 Å². The standard InChI is InChI=1S/C30H36N4O4/c1-3-5-13-33-15-11-25(35)29(33)31-19-7-9-21-23(17-19)27(37)22-10-8-20(18-24(22)28(21)38)32-30-26(36)12-16-34(30)14-6-4-2/h9-10,17-18,29-30H,3-8,11-16H2,1-2H3. The Morgan fingerprint density at radius 1 is 0.684 bits per heavy atom. The van der Waals surface area contributed by atoms with Crippen molar-refractivity contribution >= 4 is 34.6 Å². The molecule has 3 fully saturated rings. The molecule has 2 unspecified atom stereocenters. The minimum absolute atomic E-state index is 0.105.